The number of H-pyrrole nitrogens is 1. The predicted molar refractivity (Wildman–Crippen MR) is 221 cm³/mol. The summed E-state index contributed by atoms with van der Waals surface area (Å²) >= 11 is 0. The van der Waals surface area contributed by atoms with Crippen LogP contribution in [0.15, 0.2) is 65.9 Å². The number of hydrogen-bond acceptors (Lipinski definition) is 7. The van der Waals surface area contributed by atoms with Crippen LogP contribution in [-0.4, -0.2) is 81.5 Å². The Balaban J connectivity index is 1.06. The van der Waals surface area contributed by atoms with Crippen molar-refractivity contribution < 1.29 is 23.9 Å². The number of aromatic nitrogens is 2. The molecule has 2 aromatic carbocycles. The van der Waals surface area contributed by atoms with Gasteiger partial charge in [-0.2, -0.15) is 0 Å². The summed E-state index contributed by atoms with van der Waals surface area (Å²) in [7, 11) is 1.36. The first kappa shape index (κ1) is 41.1. The second-order valence-corrected chi connectivity index (χ2v) is 16.8. The molecule has 11 nitrogen and oxygen atoms in total. The van der Waals surface area contributed by atoms with Crippen molar-refractivity contribution in [3.63, 3.8) is 0 Å². The van der Waals surface area contributed by atoms with Crippen LogP contribution in [0.3, 0.4) is 0 Å². The van der Waals surface area contributed by atoms with Gasteiger partial charge in [-0.3, -0.25) is 24.2 Å². The molecule has 2 fully saturated rings. The highest BCUT2D eigenvalue weighted by molar-refractivity contribution is 6.03. The van der Waals surface area contributed by atoms with E-state index in [4.69, 9.17) is 14.7 Å². The average molecular weight is 773 g/mol. The van der Waals surface area contributed by atoms with Crippen molar-refractivity contribution in [2.75, 3.05) is 20.2 Å². The lowest BCUT2D eigenvalue weighted by Crippen LogP contribution is -2.50. The molecule has 3 amide bonds. The van der Waals surface area contributed by atoms with E-state index >= 15 is 0 Å². The van der Waals surface area contributed by atoms with Crippen LogP contribution in [0.4, 0.5) is 0 Å². The van der Waals surface area contributed by atoms with E-state index in [0.717, 1.165) is 57.9 Å². The molecule has 2 saturated heterocycles. The van der Waals surface area contributed by atoms with Gasteiger partial charge in [-0.05, 0) is 77.5 Å². The van der Waals surface area contributed by atoms with Crippen LogP contribution in [-0.2, 0) is 23.9 Å². The number of amides is 3. The number of likely N-dealkylation sites (tertiary alicyclic amines) is 2. The zero-order valence-corrected chi connectivity index (χ0v) is 34.5. The number of imidazole rings is 1. The monoisotopic (exact) mass is 772 g/mol. The lowest BCUT2D eigenvalue weighted by Gasteiger charge is -2.30. The fraction of sp³-hybridized carbons (Fsp3) is 0.478. The van der Waals surface area contributed by atoms with Crippen molar-refractivity contribution in [2.45, 2.75) is 92.3 Å². The molecular formula is C46H56N6O5. The van der Waals surface area contributed by atoms with Gasteiger partial charge in [-0.15, -0.1) is 0 Å². The van der Waals surface area contributed by atoms with E-state index in [1.807, 2.05) is 86.3 Å². The molecule has 1 aromatic heterocycles. The van der Waals surface area contributed by atoms with Crippen molar-refractivity contribution in [1.29, 1.82) is 0 Å². The number of ether oxygens (including phenoxy) is 1. The van der Waals surface area contributed by atoms with Crippen LogP contribution >= 0.6 is 0 Å². The molecule has 0 bridgehead atoms. The first-order valence-corrected chi connectivity index (χ1v) is 20.2. The number of nitrogens with zero attached hydrogens (tertiary/aromatic N) is 4. The van der Waals surface area contributed by atoms with E-state index in [9.17, 15) is 19.2 Å². The Kier molecular flexibility index (Phi) is 12.8. The van der Waals surface area contributed by atoms with Gasteiger partial charge >= 0.3 is 5.97 Å². The van der Waals surface area contributed by atoms with E-state index in [-0.39, 0.29) is 54.0 Å². The molecule has 2 N–H and O–H groups in total. The predicted octanol–water partition coefficient (Wildman–Crippen LogP) is 6.80. The largest absolute Gasteiger partial charge is 0.469 e. The van der Waals surface area contributed by atoms with Crippen LogP contribution in [0, 0.1) is 41.4 Å². The number of hydrogen-bond donors (Lipinski definition) is 2. The van der Waals surface area contributed by atoms with Gasteiger partial charge in [0, 0.05) is 49.5 Å². The third-order valence-electron chi connectivity index (χ3n) is 11.5. The van der Waals surface area contributed by atoms with Gasteiger partial charge in [0.25, 0.3) is 0 Å². The van der Waals surface area contributed by atoms with Crippen molar-refractivity contribution in [3.05, 3.63) is 83.4 Å². The summed E-state index contributed by atoms with van der Waals surface area (Å²) in [6.45, 7) is 14.9. The highest BCUT2D eigenvalue weighted by Crippen LogP contribution is 2.37. The SMILES string of the molecule is COC(=O)C[C@H](C(=O)N1C[C@H](C)C[C@H]1C1=NC=C(c2ccc(C#Cc3ccc(-c4cnc([C@@H]5C[C@@H](C)CN5C(=O)[C@@H](NC(C)=O)C(C)C)[nH]4)cc3)cc2)C1)C(C)C. The number of benzene rings is 2. The number of allylic oxidation sites excluding steroid dienone is 1. The van der Waals surface area contributed by atoms with E-state index in [1.165, 1.54) is 14.0 Å². The summed E-state index contributed by atoms with van der Waals surface area (Å²) in [6, 6.07) is 15.4. The fourth-order valence-corrected chi connectivity index (χ4v) is 8.27. The third-order valence-corrected chi connectivity index (χ3v) is 11.5. The van der Waals surface area contributed by atoms with Crippen LogP contribution in [0.25, 0.3) is 16.8 Å². The van der Waals surface area contributed by atoms with E-state index in [2.05, 4.69) is 48.1 Å². The standard InChI is InChI=1S/C46H56N6O5/c1-27(2)37(22-42(54)57-8)45(55)51-25-29(5)19-40(51)38-21-36(23-47-38)34-15-11-32(12-16-34)9-10-33-13-17-35(18-14-33)39-24-48-44(50-39)41-20-30(6)26-52(41)46(56)43(28(3)4)49-31(7)53/h11-18,23-24,27-30,37,40-41,43H,19-22,25-26H2,1-8H3,(H,48,50)(H,49,53)/t29-,30-,37+,40+,41+,43+/m1/s1. The minimum Gasteiger partial charge on any atom is -0.469 e. The summed E-state index contributed by atoms with van der Waals surface area (Å²) in [4.78, 5) is 68.1. The Morgan fingerprint density at radius 1 is 0.842 bits per heavy atom. The molecule has 3 aliphatic heterocycles. The van der Waals surface area contributed by atoms with E-state index in [0.29, 0.717) is 31.3 Å². The van der Waals surface area contributed by atoms with Gasteiger partial charge in [0.05, 0.1) is 43.4 Å². The zero-order valence-electron chi connectivity index (χ0n) is 34.5. The van der Waals surface area contributed by atoms with Crippen LogP contribution < -0.4 is 5.32 Å². The first-order valence-electron chi connectivity index (χ1n) is 20.2. The van der Waals surface area contributed by atoms with Crippen LogP contribution in [0.2, 0.25) is 0 Å². The molecule has 57 heavy (non-hydrogen) atoms. The molecule has 0 spiro atoms. The molecule has 0 saturated carbocycles. The maximum Gasteiger partial charge on any atom is 0.306 e. The lowest BCUT2D eigenvalue weighted by molar-refractivity contribution is -0.148. The number of carbonyl (C=O) groups is 4. The Morgan fingerprint density at radius 2 is 1.42 bits per heavy atom. The number of aliphatic imine (C=N–C) groups is 1. The smallest absolute Gasteiger partial charge is 0.306 e. The second-order valence-electron chi connectivity index (χ2n) is 16.8. The van der Waals surface area contributed by atoms with E-state index < -0.39 is 12.0 Å². The normalized spacial score (nSPS) is 21.5. The Bertz CT molecular complexity index is 2090. The highest BCUT2D eigenvalue weighted by atomic mass is 16.5. The minimum atomic E-state index is -0.578. The maximum atomic E-state index is 13.7. The van der Waals surface area contributed by atoms with Crippen LogP contribution in [0.1, 0.15) is 103 Å². The van der Waals surface area contributed by atoms with Crippen molar-refractivity contribution >= 4 is 35.0 Å². The van der Waals surface area contributed by atoms with Gasteiger partial charge in [0.1, 0.15) is 11.9 Å². The molecular weight excluding hydrogens is 717 g/mol. The molecule has 0 aliphatic carbocycles. The Labute approximate surface area is 336 Å². The highest BCUT2D eigenvalue weighted by Gasteiger charge is 2.42. The van der Waals surface area contributed by atoms with Gasteiger partial charge in [-0.25, -0.2) is 4.98 Å². The molecule has 300 valence electrons. The maximum absolute atomic E-state index is 13.7. The summed E-state index contributed by atoms with van der Waals surface area (Å²) in [5, 5.41) is 2.84. The first-order chi connectivity index (χ1) is 27.2. The molecule has 6 atom stereocenters. The lowest BCUT2D eigenvalue weighted by atomic mass is 9.90. The van der Waals surface area contributed by atoms with Gasteiger partial charge in [-0.1, -0.05) is 77.6 Å². The van der Waals surface area contributed by atoms with Crippen molar-refractivity contribution in [2.24, 2.45) is 34.6 Å². The summed E-state index contributed by atoms with van der Waals surface area (Å²) in [5.74, 6) is 6.88. The number of rotatable bonds is 11. The number of nitrogens with one attached hydrogen (secondary N) is 2. The summed E-state index contributed by atoms with van der Waals surface area (Å²) in [6.07, 6.45) is 6.14. The third kappa shape index (κ3) is 9.55. The minimum absolute atomic E-state index is 0.00495. The van der Waals surface area contributed by atoms with Crippen LogP contribution in [0.5, 0.6) is 0 Å². The van der Waals surface area contributed by atoms with Gasteiger partial charge in [0.2, 0.25) is 17.7 Å². The zero-order chi connectivity index (χ0) is 41.0. The molecule has 3 aromatic rings. The summed E-state index contributed by atoms with van der Waals surface area (Å²) < 4.78 is 4.89. The number of aromatic amines is 1. The Morgan fingerprint density at radius 3 is 1.98 bits per heavy atom. The van der Waals surface area contributed by atoms with Gasteiger partial charge < -0.3 is 24.8 Å². The molecule has 4 heterocycles. The molecule has 6 rings (SSSR count). The quantitative estimate of drug-likeness (QED) is 0.163. The van der Waals surface area contributed by atoms with Gasteiger partial charge in [0.15, 0.2) is 0 Å². The second kappa shape index (κ2) is 17.7. The van der Waals surface area contributed by atoms with Crippen molar-refractivity contribution in [3.8, 4) is 23.1 Å². The molecule has 11 heteroatoms. The van der Waals surface area contributed by atoms with Crippen molar-refractivity contribution in [1.82, 2.24) is 25.1 Å². The molecule has 0 unspecified atom stereocenters. The average Bonchev–Trinajstić information content (AvgIpc) is 4.01. The summed E-state index contributed by atoms with van der Waals surface area (Å²) in [5.41, 5.74) is 6.79. The Hall–Kier alpha value is -5.50. The number of methoxy groups -OCH3 is 1. The van der Waals surface area contributed by atoms with E-state index in [1.54, 1.807) is 0 Å². The molecule has 3 aliphatic rings. The number of esters is 1. The topological polar surface area (TPSA) is 137 Å². The molecule has 0 radical (unpaired) electrons. The fourth-order valence-electron chi connectivity index (χ4n) is 8.27. The number of carbonyl (C=O) groups excluding carboxylic acids is 4.